The van der Waals surface area contributed by atoms with Gasteiger partial charge in [-0.3, -0.25) is 0 Å². The van der Waals surface area contributed by atoms with Gasteiger partial charge in [-0.1, -0.05) is 18.5 Å². The van der Waals surface area contributed by atoms with Crippen LogP contribution in [0.4, 0.5) is 5.82 Å². The molecule has 0 aliphatic carbocycles. The van der Waals surface area contributed by atoms with Crippen LogP contribution in [0.2, 0.25) is 5.02 Å². The van der Waals surface area contributed by atoms with E-state index < -0.39 is 0 Å². The van der Waals surface area contributed by atoms with Crippen molar-refractivity contribution in [2.75, 3.05) is 11.9 Å². The Kier molecular flexibility index (Phi) is 4.99. The summed E-state index contributed by atoms with van der Waals surface area (Å²) >= 11 is 7.56. The number of nitrogens with zero attached hydrogens (tertiary/aromatic N) is 3. The number of hydrogen-bond acceptors (Lipinski definition) is 5. The first-order valence-electron chi connectivity index (χ1n) is 6.13. The van der Waals surface area contributed by atoms with Gasteiger partial charge in [-0.2, -0.15) is 0 Å². The van der Waals surface area contributed by atoms with E-state index in [1.165, 1.54) is 11.8 Å². The molecule has 2 aromatic rings. The summed E-state index contributed by atoms with van der Waals surface area (Å²) in [6.07, 6.45) is 2.52. The molecule has 0 bridgehead atoms. The number of pyridine rings is 1. The minimum Gasteiger partial charge on any atom is -0.370 e. The average Bonchev–Trinajstić information content (AvgIpc) is 2.41. The number of nitrogens with one attached hydrogen (secondary N) is 1. The van der Waals surface area contributed by atoms with Gasteiger partial charge >= 0.3 is 0 Å². The van der Waals surface area contributed by atoms with Gasteiger partial charge in [0.05, 0.1) is 5.02 Å². The molecule has 100 valence electrons. The lowest BCUT2D eigenvalue weighted by atomic mass is 10.4. The molecule has 0 atom stereocenters. The van der Waals surface area contributed by atoms with Crippen LogP contribution in [0.5, 0.6) is 0 Å². The third-order valence-corrected chi connectivity index (χ3v) is 3.70. The van der Waals surface area contributed by atoms with E-state index >= 15 is 0 Å². The van der Waals surface area contributed by atoms with Crippen molar-refractivity contribution in [2.45, 2.75) is 30.3 Å². The van der Waals surface area contributed by atoms with Crippen molar-refractivity contribution < 1.29 is 0 Å². The molecule has 4 nitrogen and oxygen atoms in total. The van der Waals surface area contributed by atoms with Crippen molar-refractivity contribution in [3.05, 3.63) is 35.2 Å². The van der Waals surface area contributed by atoms with Crippen LogP contribution in [0.3, 0.4) is 0 Å². The van der Waals surface area contributed by atoms with E-state index in [1.807, 2.05) is 32.0 Å². The van der Waals surface area contributed by atoms with Crippen molar-refractivity contribution in [1.82, 2.24) is 15.0 Å². The van der Waals surface area contributed by atoms with Gasteiger partial charge in [0.15, 0.2) is 0 Å². The summed E-state index contributed by atoms with van der Waals surface area (Å²) in [5.74, 6) is 1.65. The highest BCUT2D eigenvalue weighted by atomic mass is 35.5. The summed E-state index contributed by atoms with van der Waals surface area (Å²) in [6.45, 7) is 4.90. The summed E-state index contributed by atoms with van der Waals surface area (Å²) < 4.78 is 0. The molecule has 0 amide bonds. The molecule has 0 fully saturated rings. The topological polar surface area (TPSA) is 50.7 Å². The molecular formula is C13H15ClN4S. The van der Waals surface area contributed by atoms with Crippen LogP contribution < -0.4 is 5.32 Å². The van der Waals surface area contributed by atoms with Crippen molar-refractivity contribution in [2.24, 2.45) is 0 Å². The Morgan fingerprint density at radius 2 is 2.16 bits per heavy atom. The fourth-order valence-electron chi connectivity index (χ4n) is 1.50. The molecule has 0 saturated carbocycles. The first-order chi connectivity index (χ1) is 9.22. The normalized spacial score (nSPS) is 10.5. The van der Waals surface area contributed by atoms with E-state index in [-0.39, 0.29) is 0 Å². The second kappa shape index (κ2) is 6.73. The Morgan fingerprint density at radius 1 is 1.32 bits per heavy atom. The predicted octanol–water partition coefficient (Wildman–Crippen LogP) is 3.67. The average molecular weight is 295 g/mol. The highest BCUT2D eigenvalue weighted by Crippen LogP contribution is 2.30. The highest BCUT2D eigenvalue weighted by molar-refractivity contribution is 7.99. The largest absolute Gasteiger partial charge is 0.370 e. The van der Waals surface area contributed by atoms with Crippen LogP contribution in [0.25, 0.3) is 0 Å². The van der Waals surface area contributed by atoms with Crippen molar-refractivity contribution in [3.63, 3.8) is 0 Å². The summed E-state index contributed by atoms with van der Waals surface area (Å²) in [4.78, 5) is 13.2. The Morgan fingerprint density at radius 3 is 2.84 bits per heavy atom. The number of aromatic nitrogens is 3. The summed E-state index contributed by atoms with van der Waals surface area (Å²) in [6, 6.07) is 5.55. The van der Waals surface area contributed by atoms with Crippen molar-refractivity contribution in [3.8, 4) is 0 Å². The molecule has 0 aliphatic rings. The molecular weight excluding hydrogens is 280 g/mol. The molecule has 0 spiro atoms. The lowest BCUT2D eigenvalue weighted by Gasteiger charge is -2.08. The van der Waals surface area contributed by atoms with E-state index in [0.29, 0.717) is 5.02 Å². The number of halogens is 1. The van der Waals surface area contributed by atoms with Gasteiger partial charge in [0.25, 0.3) is 0 Å². The van der Waals surface area contributed by atoms with E-state index in [0.717, 1.165) is 34.7 Å². The van der Waals surface area contributed by atoms with Crippen LogP contribution in [0, 0.1) is 0 Å². The standard InChI is InChI=1S/C13H15ClN4S/c1-3-10-17-11(15-4-2)8-12(18-10)19-13-9(14)6-5-7-16-13/h5-8H,3-4H2,1-2H3,(H,15,17,18). The molecule has 2 aromatic heterocycles. The minimum absolute atomic E-state index is 0.633. The van der Waals surface area contributed by atoms with E-state index in [9.17, 15) is 0 Å². The summed E-state index contributed by atoms with van der Waals surface area (Å²) in [5, 5.41) is 5.45. The van der Waals surface area contributed by atoms with Gasteiger partial charge in [-0.25, -0.2) is 15.0 Å². The molecule has 0 unspecified atom stereocenters. The maximum Gasteiger partial charge on any atom is 0.131 e. The van der Waals surface area contributed by atoms with Gasteiger partial charge in [0, 0.05) is 25.2 Å². The van der Waals surface area contributed by atoms with Gasteiger partial charge in [0.2, 0.25) is 0 Å². The van der Waals surface area contributed by atoms with E-state index in [1.54, 1.807) is 6.20 Å². The van der Waals surface area contributed by atoms with Gasteiger partial charge < -0.3 is 5.32 Å². The smallest absolute Gasteiger partial charge is 0.131 e. The van der Waals surface area contributed by atoms with Gasteiger partial charge in [0.1, 0.15) is 21.7 Å². The minimum atomic E-state index is 0.633. The van der Waals surface area contributed by atoms with Crippen LogP contribution in [-0.2, 0) is 6.42 Å². The third-order valence-electron chi connectivity index (χ3n) is 2.35. The Labute approximate surface area is 122 Å². The zero-order chi connectivity index (χ0) is 13.7. The lowest BCUT2D eigenvalue weighted by Crippen LogP contribution is -2.03. The van der Waals surface area contributed by atoms with Crippen LogP contribution in [-0.4, -0.2) is 21.5 Å². The van der Waals surface area contributed by atoms with Crippen LogP contribution >= 0.6 is 23.4 Å². The monoisotopic (exact) mass is 294 g/mol. The summed E-state index contributed by atoms with van der Waals surface area (Å²) in [7, 11) is 0. The van der Waals surface area contributed by atoms with E-state index in [2.05, 4.69) is 20.3 Å². The Bertz CT molecular complexity index is 562. The molecule has 2 rings (SSSR count). The molecule has 19 heavy (non-hydrogen) atoms. The van der Waals surface area contributed by atoms with Crippen LogP contribution in [0.15, 0.2) is 34.4 Å². The van der Waals surface area contributed by atoms with Gasteiger partial charge in [-0.05, 0) is 30.8 Å². The lowest BCUT2D eigenvalue weighted by molar-refractivity contribution is 0.886. The number of hydrogen-bond donors (Lipinski definition) is 1. The fraction of sp³-hybridized carbons (Fsp3) is 0.308. The second-order valence-corrected chi connectivity index (χ2v) is 5.20. The molecule has 2 heterocycles. The number of anilines is 1. The second-order valence-electron chi connectivity index (χ2n) is 3.78. The van der Waals surface area contributed by atoms with Crippen molar-refractivity contribution >= 4 is 29.2 Å². The SMILES string of the molecule is CCNc1cc(Sc2ncccc2Cl)nc(CC)n1. The first-order valence-corrected chi connectivity index (χ1v) is 7.32. The first kappa shape index (κ1) is 14.1. The zero-order valence-corrected chi connectivity index (χ0v) is 12.4. The predicted molar refractivity (Wildman–Crippen MR) is 78.9 cm³/mol. The van der Waals surface area contributed by atoms with Crippen molar-refractivity contribution in [1.29, 1.82) is 0 Å². The molecule has 0 aromatic carbocycles. The molecule has 0 aliphatic heterocycles. The molecule has 0 saturated heterocycles. The molecule has 0 radical (unpaired) electrons. The Hall–Kier alpha value is -1.33. The Balaban J connectivity index is 2.29. The van der Waals surface area contributed by atoms with Gasteiger partial charge in [-0.15, -0.1) is 0 Å². The number of aryl methyl sites for hydroxylation is 1. The maximum atomic E-state index is 6.11. The number of rotatable bonds is 5. The molecule has 6 heteroatoms. The molecule has 1 N–H and O–H groups in total. The van der Waals surface area contributed by atoms with Crippen LogP contribution in [0.1, 0.15) is 19.7 Å². The maximum absolute atomic E-state index is 6.11. The summed E-state index contributed by atoms with van der Waals surface area (Å²) in [5.41, 5.74) is 0. The quantitative estimate of drug-likeness (QED) is 0.853. The highest BCUT2D eigenvalue weighted by Gasteiger charge is 2.08. The third kappa shape index (κ3) is 3.81. The zero-order valence-electron chi connectivity index (χ0n) is 10.9. The fourth-order valence-corrected chi connectivity index (χ4v) is 2.54. The van der Waals surface area contributed by atoms with E-state index in [4.69, 9.17) is 11.6 Å².